The van der Waals surface area contributed by atoms with Crippen LogP contribution in [0.15, 0.2) is 36.4 Å². The molecule has 0 nitrogen and oxygen atoms in total. The van der Waals surface area contributed by atoms with E-state index in [9.17, 15) is 26.3 Å². The molecule has 0 bridgehead atoms. The largest absolute Gasteiger partial charge is 0.417 e. The molecule has 0 N–H and O–H groups in total. The highest BCUT2D eigenvalue weighted by atomic mass is 31.1. The summed E-state index contributed by atoms with van der Waals surface area (Å²) >= 11 is 0. The molecule has 0 aliphatic rings. The van der Waals surface area contributed by atoms with E-state index in [0.717, 1.165) is 114 Å². The third-order valence-corrected chi connectivity index (χ3v) is 13.3. The topological polar surface area (TPSA) is 0 Å². The summed E-state index contributed by atoms with van der Waals surface area (Å²) in [6.45, 7) is 8.33. The van der Waals surface area contributed by atoms with Crippen molar-refractivity contribution in [3.8, 4) is 11.1 Å². The van der Waals surface area contributed by atoms with E-state index >= 15 is 0 Å². The summed E-state index contributed by atoms with van der Waals surface area (Å²) in [5, 5.41) is 1.00. The van der Waals surface area contributed by atoms with Gasteiger partial charge in [-0.05, 0) is 73.1 Å². The number of unbranched alkanes of at least 4 members (excludes halogenated alkanes) is 8. The van der Waals surface area contributed by atoms with Crippen molar-refractivity contribution in [2.24, 2.45) is 0 Å². The highest BCUT2D eigenvalue weighted by Gasteiger charge is 2.41. The molecule has 2 aromatic rings. The zero-order valence-electron chi connectivity index (χ0n) is 25.9. The van der Waals surface area contributed by atoms with Crippen LogP contribution in [-0.4, -0.2) is 24.6 Å². The van der Waals surface area contributed by atoms with Gasteiger partial charge in [0.05, 0.1) is 11.1 Å². The van der Waals surface area contributed by atoms with Crippen LogP contribution in [0.4, 0.5) is 26.3 Å². The Kier molecular flexibility index (Phi) is 16.4. The lowest BCUT2D eigenvalue weighted by Crippen LogP contribution is -2.24. The Balaban J connectivity index is 2.93. The summed E-state index contributed by atoms with van der Waals surface area (Å²) in [6.07, 6.45) is 4.72. The number of hydrogen-bond donors (Lipinski definition) is 0. The predicted molar refractivity (Wildman–Crippen MR) is 173 cm³/mol. The van der Waals surface area contributed by atoms with Crippen molar-refractivity contribution in [2.45, 2.75) is 117 Å². The second-order valence-electron chi connectivity index (χ2n) is 11.2. The molecule has 0 fully saturated rings. The van der Waals surface area contributed by atoms with Crippen LogP contribution in [0.25, 0.3) is 11.1 Å². The standard InChI is InChI=1S/C34H50F6P2/c1-5-9-13-23-41(24-14-10-6-2)29-21-17-19-27(33(35,36)37)31(29)32-28(34(38,39)40)20-18-22-30(32)42(25-15-11-7-3)26-16-12-8-4/h17-22H,5-16,23-26H2,1-4H3. The summed E-state index contributed by atoms with van der Waals surface area (Å²) in [6, 6.07) is 8.24. The number of alkyl halides is 6. The molecular formula is C34H50F6P2. The van der Waals surface area contributed by atoms with Gasteiger partial charge < -0.3 is 0 Å². The van der Waals surface area contributed by atoms with E-state index in [4.69, 9.17) is 0 Å². The monoisotopic (exact) mass is 634 g/mol. The maximum atomic E-state index is 14.8. The van der Waals surface area contributed by atoms with Crippen molar-refractivity contribution >= 4 is 26.5 Å². The second kappa shape index (κ2) is 18.6. The third-order valence-electron chi connectivity index (χ3n) is 7.75. The van der Waals surface area contributed by atoms with Crippen LogP contribution in [0.5, 0.6) is 0 Å². The Morgan fingerprint density at radius 3 is 0.976 bits per heavy atom. The lowest BCUT2D eigenvalue weighted by Gasteiger charge is -2.30. The van der Waals surface area contributed by atoms with E-state index < -0.39 is 39.3 Å². The summed E-state index contributed by atoms with van der Waals surface area (Å²) < 4.78 is 88.7. The van der Waals surface area contributed by atoms with Gasteiger partial charge in [0.25, 0.3) is 0 Å². The lowest BCUT2D eigenvalue weighted by atomic mass is 9.94. The number of benzene rings is 2. The maximum absolute atomic E-state index is 14.8. The predicted octanol–water partition coefficient (Wildman–Crippen LogP) is 12.4. The minimum Gasteiger partial charge on any atom is -0.166 e. The molecule has 0 radical (unpaired) electrons. The number of halogens is 6. The molecule has 2 aromatic carbocycles. The highest BCUT2D eigenvalue weighted by molar-refractivity contribution is 7.66. The van der Waals surface area contributed by atoms with Gasteiger partial charge in [-0.25, -0.2) is 0 Å². The van der Waals surface area contributed by atoms with Crippen molar-refractivity contribution in [1.29, 1.82) is 0 Å². The quantitative estimate of drug-likeness (QED) is 0.0819. The number of rotatable bonds is 19. The molecule has 42 heavy (non-hydrogen) atoms. The molecule has 0 aliphatic heterocycles. The average molecular weight is 635 g/mol. The van der Waals surface area contributed by atoms with Crippen LogP contribution in [0, 0.1) is 0 Å². The van der Waals surface area contributed by atoms with E-state index in [1.807, 2.05) is 0 Å². The Hall–Kier alpha value is -1.12. The average Bonchev–Trinajstić information content (AvgIpc) is 2.94. The lowest BCUT2D eigenvalue weighted by molar-refractivity contribution is -0.139. The van der Waals surface area contributed by atoms with Crippen LogP contribution in [0.1, 0.15) is 116 Å². The van der Waals surface area contributed by atoms with Crippen LogP contribution in [0.2, 0.25) is 0 Å². The molecule has 0 heterocycles. The van der Waals surface area contributed by atoms with Crippen molar-refractivity contribution in [1.82, 2.24) is 0 Å². The van der Waals surface area contributed by atoms with Gasteiger partial charge in [0, 0.05) is 11.1 Å². The minimum atomic E-state index is -4.76. The molecule has 0 atom stereocenters. The normalized spacial score (nSPS) is 12.6. The van der Waals surface area contributed by atoms with Crippen LogP contribution in [0.3, 0.4) is 0 Å². The fraction of sp³-hybridized carbons (Fsp3) is 0.647. The van der Waals surface area contributed by atoms with Gasteiger partial charge in [0.15, 0.2) is 0 Å². The fourth-order valence-corrected chi connectivity index (χ4v) is 11.0. The Morgan fingerprint density at radius 2 is 0.738 bits per heavy atom. The molecule has 0 saturated heterocycles. The SMILES string of the molecule is CCCCCP(CCCCC)c1cccc(C(F)(F)F)c1-c1c(P(CCCCC)CCCCC)cccc1C(F)(F)F. The molecular weight excluding hydrogens is 584 g/mol. The van der Waals surface area contributed by atoms with Gasteiger partial charge in [-0.2, -0.15) is 26.3 Å². The van der Waals surface area contributed by atoms with Crippen molar-refractivity contribution in [3.05, 3.63) is 47.5 Å². The molecule has 0 unspecified atom stereocenters. The fourth-order valence-electron chi connectivity index (χ4n) is 5.52. The van der Waals surface area contributed by atoms with Crippen molar-refractivity contribution < 1.29 is 26.3 Å². The highest BCUT2D eigenvalue weighted by Crippen LogP contribution is 2.50. The first-order valence-corrected chi connectivity index (χ1v) is 19.3. The molecule has 238 valence electrons. The van der Waals surface area contributed by atoms with Crippen LogP contribution >= 0.6 is 15.8 Å². The maximum Gasteiger partial charge on any atom is 0.417 e. The van der Waals surface area contributed by atoms with Gasteiger partial charge in [-0.3, -0.25) is 0 Å². The summed E-state index contributed by atoms with van der Waals surface area (Å²) in [5.74, 6) is 0. The van der Waals surface area contributed by atoms with E-state index in [0.29, 0.717) is 10.6 Å². The molecule has 2 rings (SSSR count). The third kappa shape index (κ3) is 11.1. The van der Waals surface area contributed by atoms with E-state index in [2.05, 4.69) is 27.7 Å². The summed E-state index contributed by atoms with van der Waals surface area (Å²) in [5.41, 5.74) is -2.22. The first-order valence-electron chi connectivity index (χ1n) is 15.9. The Morgan fingerprint density at radius 1 is 0.452 bits per heavy atom. The van der Waals surface area contributed by atoms with Crippen LogP contribution in [-0.2, 0) is 12.4 Å². The van der Waals surface area contributed by atoms with E-state index in [1.54, 1.807) is 12.1 Å². The molecule has 0 amide bonds. The Bertz CT molecular complexity index is 944. The van der Waals surface area contributed by atoms with Gasteiger partial charge in [0.2, 0.25) is 0 Å². The molecule has 0 saturated carbocycles. The van der Waals surface area contributed by atoms with Gasteiger partial charge in [0.1, 0.15) is 0 Å². The second-order valence-corrected chi connectivity index (χ2v) is 16.1. The van der Waals surface area contributed by atoms with Crippen LogP contribution < -0.4 is 10.6 Å². The first-order chi connectivity index (χ1) is 20.0. The zero-order chi connectivity index (χ0) is 31.2. The smallest absolute Gasteiger partial charge is 0.166 e. The molecule has 0 aromatic heterocycles. The van der Waals surface area contributed by atoms with E-state index in [1.165, 1.54) is 12.1 Å². The van der Waals surface area contributed by atoms with Crippen molar-refractivity contribution in [3.63, 3.8) is 0 Å². The number of hydrogen-bond acceptors (Lipinski definition) is 0. The van der Waals surface area contributed by atoms with E-state index in [-0.39, 0.29) is 11.1 Å². The first kappa shape index (κ1) is 37.1. The summed E-state index contributed by atoms with van der Waals surface area (Å²) in [4.78, 5) is 0. The van der Waals surface area contributed by atoms with Gasteiger partial charge in [-0.1, -0.05) is 119 Å². The van der Waals surface area contributed by atoms with Gasteiger partial charge >= 0.3 is 12.4 Å². The molecule has 0 aliphatic carbocycles. The van der Waals surface area contributed by atoms with Gasteiger partial charge in [-0.15, -0.1) is 0 Å². The molecule has 0 spiro atoms. The Labute approximate surface area is 253 Å². The minimum absolute atomic E-state index is 0.189. The van der Waals surface area contributed by atoms with Crippen molar-refractivity contribution in [2.75, 3.05) is 24.6 Å². The zero-order valence-corrected chi connectivity index (χ0v) is 27.7. The molecule has 8 heteroatoms. The summed E-state index contributed by atoms with van der Waals surface area (Å²) in [7, 11) is -2.11.